The maximum Gasteiger partial charge on any atom is 0.124 e. The lowest BCUT2D eigenvalue weighted by Crippen LogP contribution is -1.91. The molecule has 0 fully saturated rings. The predicted octanol–water partition coefficient (Wildman–Crippen LogP) is 4.77. The number of anilines is 1. The topological polar surface area (TPSA) is 26.0 Å². The van der Waals surface area contributed by atoms with Crippen LogP contribution in [0.2, 0.25) is 0 Å². The van der Waals surface area contributed by atoms with E-state index in [0.29, 0.717) is 0 Å². The predicted molar refractivity (Wildman–Crippen MR) is 79.3 cm³/mol. The summed E-state index contributed by atoms with van der Waals surface area (Å²) in [5, 5.41) is 0. The van der Waals surface area contributed by atoms with E-state index in [2.05, 4.69) is 15.9 Å². The first-order chi connectivity index (χ1) is 8.56. The second-order valence-electron chi connectivity index (χ2n) is 4.04. The second kappa shape index (κ2) is 5.76. The summed E-state index contributed by atoms with van der Waals surface area (Å²) in [6.07, 6.45) is 0. The van der Waals surface area contributed by atoms with E-state index in [-0.39, 0.29) is 5.82 Å². The molecule has 0 bridgehead atoms. The fourth-order valence-electron chi connectivity index (χ4n) is 1.64. The standard InChI is InChI=1S/C14H13BrFNS/c1-9-13(17)3-2-4-14(9)18-8-10-5-11(15)7-12(16)6-10/h2-7H,8,17H2,1H3. The number of rotatable bonds is 3. The highest BCUT2D eigenvalue weighted by atomic mass is 79.9. The van der Waals surface area contributed by atoms with Gasteiger partial charge in [-0.15, -0.1) is 11.8 Å². The zero-order valence-electron chi connectivity index (χ0n) is 9.91. The Balaban J connectivity index is 2.14. The molecule has 0 radical (unpaired) electrons. The molecule has 18 heavy (non-hydrogen) atoms. The van der Waals surface area contributed by atoms with Gasteiger partial charge in [-0.1, -0.05) is 22.0 Å². The van der Waals surface area contributed by atoms with Gasteiger partial charge in [0.2, 0.25) is 0 Å². The number of hydrogen-bond donors (Lipinski definition) is 1. The van der Waals surface area contributed by atoms with Crippen LogP contribution in [0.1, 0.15) is 11.1 Å². The lowest BCUT2D eigenvalue weighted by Gasteiger charge is -2.08. The third kappa shape index (κ3) is 3.27. The fourth-order valence-corrected chi connectivity index (χ4v) is 3.15. The van der Waals surface area contributed by atoms with Gasteiger partial charge in [-0.3, -0.25) is 0 Å². The Bertz CT molecular complexity index is 551. The van der Waals surface area contributed by atoms with Crippen molar-refractivity contribution in [3.63, 3.8) is 0 Å². The van der Waals surface area contributed by atoms with E-state index < -0.39 is 0 Å². The summed E-state index contributed by atoms with van der Waals surface area (Å²) in [5.41, 5.74) is 8.68. The number of benzene rings is 2. The molecule has 1 nitrogen and oxygen atoms in total. The zero-order chi connectivity index (χ0) is 13.1. The summed E-state index contributed by atoms with van der Waals surface area (Å²) < 4.78 is 14.0. The Kier molecular flexibility index (Phi) is 4.30. The summed E-state index contributed by atoms with van der Waals surface area (Å²) in [5.74, 6) is 0.505. The molecular weight excluding hydrogens is 313 g/mol. The van der Waals surface area contributed by atoms with Gasteiger partial charge in [0.15, 0.2) is 0 Å². The minimum Gasteiger partial charge on any atom is -0.398 e. The first kappa shape index (κ1) is 13.4. The first-order valence-corrected chi connectivity index (χ1v) is 7.27. The van der Waals surface area contributed by atoms with E-state index in [9.17, 15) is 4.39 Å². The molecule has 2 N–H and O–H groups in total. The van der Waals surface area contributed by atoms with Crippen molar-refractivity contribution in [2.24, 2.45) is 0 Å². The fraction of sp³-hybridized carbons (Fsp3) is 0.143. The van der Waals surface area contributed by atoms with Crippen molar-refractivity contribution in [2.75, 3.05) is 5.73 Å². The molecule has 0 spiro atoms. The maximum atomic E-state index is 13.2. The smallest absolute Gasteiger partial charge is 0.124 e. The van der Waals surface area contributed by atoms with Gasteiger partial charge in [0, 0.05) is 20.8 Å². The molecule has 0 unspecified atom stereocenters. The summed E-state index contributed by atoms with van der Waals surface area (Å²) in [6.45, 7) is 2.00. The Morgan fingerprint density at radius 2 is 2.06 bits per heavy atom. The van der Waals surface area contributed by atoms with Crippen molar-refractivity contribution in [3.8, 4) is 0 Å². The van der Waals surface area contributed by atoms with Crippen LogP contribution in [0.15, 0.2) is 45.8 Å². The van der Waals surface area contributed by atoms with Gasteiger partial charge in [0.25, 0.3) is 0 Å². The normalized spacial score (nSPS) is 10.6. The third-order valence-corrected chi connectivity index (χ3v) is 4.33. The van der Waals surface area contributed by atoms with Crippen LogP contribution in [0.4, 0.5) is 10.1 Å². The van der Waals surface area contributed by atoms with Crippen LogP contribution in [0, 0.1) is 12.7 Å². The van der Waals surface area contributed by atoms with E-state index in [1.165, 1.54) is 6.07 Å². The average molecular weight is 326 g/mol. The molecule has 0 aliphatic heterocycles. The largest absolute Gasteiger partial charge is 0.398 e. The molecule has 0 aromatic heterocycles. The first-order valence-electron chi connectivity index (χ1n) is 5.49. The lowest BCUT2D eigenvalue weighted by atomic mass is 10.2. The monoisotopic (exact) mass is 325 g/mol. The molecule has 2 rings (SSSR count). The molecular formula is C14H13BrFNS. The van der Waals surface area contributed by atoms with Crippen LogP contribution in [0.25, 0.3) is 0 Å². The maximum absolute atomic E-state index is 13.2. The quantitative estimate of drug-likeness (QED) is 0.649. The van der Waals surface area contributed by atoms with Crippen LogP contribution < -0.4 is 5.73 Å². The van der Waals surface area contributed by atoms with E-state index in [1.54, 1.807) is 17.8 Å². The summed E-state index contributed by atoms with van der Waals surface area (Å²) in [4.78, 5) is 1.13. The molecule has 4 heteroatoms. The number of hydrogen-bond acceptors (Lipinski definition) is 2. The van der Waals surface area contributed by atoms with Crippen molar-refractivity contribution < 1.29 is 4.39 Å². The Morgan fingerprint density at radius 3 is 2.78 bits per heavy atom. The van der Waals surface area contributed by atoms with Crippen LogP contribution in [0.5, 0.6) is 0 Å². The summed E-state index contributed by atoms with van der Waals surface area (Å²) in [7, 11) is 0. The highest BCUT2D eigenvalue weighted by Gasteiger charge is 2.04. The highest BCUT2D eigenvalue weighted by molar-refractivity contribution is 9.10. The van der Waals surface area contributed by atoms with E-state index in [1.807, 2.05) is 31.2 Å². The van der Waals surface area contributed by atoms with Crippen molar-refractivity contribution in [2.45, 2.75) is 17.6 Å². The van der Waals surface area contributed by atoms with Crippen molar-refractivity contribution in [3.05, 3.63) is 57.8 Å². The number of nitrogens with two attached hydrogens (primary N) is 1. The van der Waals surface area contributed by atoms with Gasteiger partial charge in [0.05, 0.1) is 0 Å². The molecule has 0 heterocycles. The molecule has 94 valence electrons. The van der Waals surface area contributed by atoms with Crippen LogP contribution in [0.3, 0.4) is 0 Å². The van der Waals surface area contributed by atoms with Gasteiger partial charge in [0.1, 0.15) is 5.82 Å². The summed E-state index contributed by atoms with van der Waals surface area (Å²) >= 11 is 4.96. The lowest BCUT2D eigenvalue weighted by molar-refractivity contribution is 0.625. The second-order valence-corrected chi connectivity index (χ2v) is 5.97. The molecule has 0 saturated heterocycles. The average Bonchev–Trinajstić information content (AvgIpc) is 2.30. The van der Waals surface area contributed by atoms with Gasteiger partial charge in [-0.25, -0.2) is 4.39 Å². The molecule has 0 aliphatic carbocycles. The Labute approximate surface area is 119 Å². The van der Waals surface area contributed by atoms with Gasteiger partial charge < -0.3 is 5.73 Å². The van der Waals surface area contributed by atoms with Crippen molar-refractivity contribution in [1.29, 1.82) is 0 Å². The highest BCUT2D eigenvalue weighted by Crippen LogP contribution is 2.29. The van der Waals surface area contributed by atoms with Gasteiger partial charge >= 0.3 is 0 Å². The number of halogens is 2. The minimum absolute atomic E-state index is 0.218. The molecule has 0 saturated carbocycles. The molecule has 0 amide bonds. The Morgan fingerprint density at radius 1 is 1.28 bits per heavy atom. The van der Waals surface area contributed by atoms with Gasteiger partial charge in [-0.05, 0) is 48.4 Å². The number of thioether (sulfide) groups is 1. The number of nitrogen functional groups attached to an aromatic ring is 1. The Hall–Kier alpha value is -1.00. The zero-order valence-corrected chi connectivity index (χ0v) is 12.3. The van der Waals surface area contributed by atoms with E-state index in [0.717, 1.165) is 31.9 Å². The molecule has 0 aliphatic rings. The van der Waals surface area contributed by atoms with Crippen LogP contribution in [-0.4, -0.2) is 0 Å². The minimum atomic E-state index is -0.218. The molecule has 0 atom stereocenters. The van der Waals surface area contributed by atoms with E-state index in [4.69, 9.17) is 5.73 Å². The van der Waals surface area contributed by atoms with Gasteiger partial charge in [-0.2, -0.15) is 0 Å². The molecule has 2 aromatic rings. The molecule has 2 aromatic carbocycles. The third-order valence-electron chi connectivity index (χ3n) is 2.64. The SMILES string of the molecule is Cc1c(N)cccc1SCc1cc(F)cc(Br)c1. The van der Waals surface area contributed by atoms with Crippen LogP contribution >= 0.6 is 27.7 Å². The van der Waals surface area contributed by atoms with E-state index >= 15 is 0 Å². The van der Waals surface area contributed by atoms with Crippen LogP contribution in [-0.2, 0) is 5.75 Å². The summed E-state index contributed by atoms with van der Waals surface area (Å²) in [6, 6.07) is 10.8. The van der Waals surface area contributed by atoms with Crippen molar-refractivity contribution in [1.82, 2.24) is 0 Å². The van der Waals surface area contributed by atoms with Crippen molar-refractivity contribution >= 4 is 33.4 Å².